The third-order valence-electron chi connectivity index (χ3n) is 3.85. The van der Waals surface area contributed by atoms with E-state index in [1.807, 2.05) is 32.0 Å². The molecule has 2 amide bonds. The smallest absolute Gasteiger partial charge is 0.319 e. The number of carbonyl (C=O) groups is 1. The molecule has 20 heavy (non-hydrogen) atoms. The number of anilines is 1. The number of rotatable bonds is 3. The molecule has 1 heterocycles. The molecule has 0 aliphatic carbocycles. The topological polar surface area (TPSA) is 70.6 Å². The van der Waals surface area contributed by atoms with Crippen molar-refractivity contribution in [1.29, 1.82) is 0 Å². The van der Waals surface area contributed by atoms with Crippen LogP contribution in [0.25, 0.3) is 0 Å². The van der Waals surface area contributed by atoms with Crippen LogP contribution in [0, 0.1) is 13.8 Å². The Bertz CT molecular complexity index is 482. The number of hydrogen-bond acceptors (Lipinski definition) is 3. The van der Waals surface area contributed by atoms with Gasteiger partial charge in [0, 0.05) is 38.3 Å². The molecule has 1 fully saturated rings. The van der Waals surface area contributed by atoms with E-state index in [0.29, 0.717) is 26.1 Å². The van der Waals surface area contributed by atoms with Gasteiger partial charge < -0.3 is 20.5 Å². The molecule has 5 nitrogen and oxygen atoms in total. The maximum absolute atomic E-state index is 11.9. The Labute approximate surface area is 119 Å². The van der Waals surface area contributed by atoms with E-state index in [9.17, 15) is 9.90 Å². The minimum atomic E-state index is -0.850. The molecule has 5 heteroatoms. The van der Waals surface area contributed by atoms with Gasteiger partial charge in [0.2, 0.25) is 0 Å². The molecule has 1 aromatic rings. The van der Waals surface area contributed by atoms with Crippen LogP contribution in [0.4, 0.5) is 10.5 Å². The molecule has 1 aliphatic heterocycles. The van der Waals surface area contributed by atoms with E-state index in [2.05, 4.69) is 10.6 Å². The highest BCUT2D eigenvalue weighted by molar-refractivity contribution is 5.90. The van der Waals surface area contributed by atoms with Crippen molar-refractivity contribution in [3.8, 4) is 0 Å². The van der Waals surface area contributed by atoms with Gasteiger partial charge in [0.05, 0.1) is 5.60 Å². The summed E-state index contributed by atoms with van der Waals surface area (Å²) >= 11 is 0. The highest BCUT2D eigenvalue weighted by Gasteiger charge is 2.30. The molecule has 0 aromatic heterocycles. The van der Waals surface area contributed by atoms with Gasteiger partial charge in [-0.1, -0.05) is 12.1 Å². The fraction of sp³-hybridized carbons (Fsp3) is 0.533. The van der Waals surface area contributed by atoms with Crippen LogP contribution in [0.3, 0.4) is 0 Å². The number of benzene rings is 1. The SMILES string of the molecule is Cc1cccc(NC(=O)NCC2(O)CCOCC2)c1C. The zero-order valence-electron chi connectivity index (χ0n) is 12.0. The summed E-state index contributed by atoms with van der Waals surface area (Å²) in [5, 5.41) is 15.8. The summed E-state index contributed by atoms with van der Waals surface area (Å²) in [6, 6.07) is 5.48. The van der Waals surface area contributed by atoms with Gasteiger partial charge in [0.1, 0.15) is 0 Å². The van der Waals surface area contributed by atoms with Crippen LogP contribution in [0.2, 0.25) is 0 Å². The third kappa shape index (κ3) is 3.71. The summed E-state index contributed by atoms with van der Waals surface area (Å²) in [4.78, 5) is 11.9. The second kappa shape index (κ2) is 6.24. The number of nitrogens with one attached hydrogen (secondary N) is 2. The van der Waals surface area contributed by atoms with Crippen molar-refractivity contribution in [2.45, 2.75) is 32.3 Å². The number of aliphatic hydroxyl groups is 1. The fourth-order valence-electron chi connectivity index (χ4n) is 2.23. The molecule has 1 aromatic carbocycles. The Morgan fingerprint density at radius 1 is 1.35 bits per heavy atom. The largest absolute Gasteiger partial charge is 0.388 e. The molecule has 0 saturated carbocycles. The summed E-state index contributed by atoms with van der Waals surface area (Å²) in [5.74, 6) is 0. The average molecular weight is 278 g/mol. The third-order valence-corrected chi connectivity index (χ3v) is 3.85. The molecular weight excluding hydrogens is 256 g/mol. The zero-order chi connectivity index (χ0) is 14.6. The number of aryl methyl sites for hydroxylation is 1. The number of amides is 2. The lowest BCUT2D eigenvalue weighted by atomic mass is 9.94. The highest BCUT2D eigenvalue weighted by atomic mass is 16.5. The van der Waals surface area contributed by atoms with E-state index in [0.717, 1.165) is 16.8 Å². The van der Waals surface area contributed by atoms with Crippen LogP contribution in [-0.4, -0.2) is 36.5 Å². The minimum absolute atomic E-state index is 0.243. The first-order valence-corrected chi connectivity index (χ1v) is 6.91. The minimum Gasteiger partial charge on any atom is -0.388 e. The van der Waals surface area contributed by atoms with Crippen molar-refractivity contribution in [1.82, 2.24) is 5.32 Å². The lowest BCUT2D eigenvalue weighted by Crippen LogP contribution is -2.47. The quantitative estimate of drug-likeness (QED) is 0.791. The normalized spacial score (nSPS) is 17.6. The van der Waals surface area contributed by atoms with E-state index in [-0.39, 0.29) is 12.6 Å². The number of hydrogen-bond donors (Lipinski definition) is 3. The number of urea groups is 1. The van der Waals surface area contributed by atoms with Crippen LogP contribution in [0.1, 0.15) is 24.0 Å². The predicted molar refractivity (Wildman–Crippen MR) is 77.9 cm³/mol. The predicted octanol–water partition coefficient (Wildman–Crippen LogP) is 1.97. The fourth-order valence-corrected chi connectivity index (χ4v) is 2.23. The van der Waals surface area contributed by atoms with Crippen LogP contribution < -0.4 is 10.6 Å². The van der Waals surface area contributed by atoms with Gasteiger partial charge in [-0.05, 0) is 31.0 Å². The first-order chi connectivity index (χ1) is 9.50. The van der Waals surface area contributed by atoms with E-state index < -0.39 is 5.60 Å². The van der Waals surface area contributed by atoms with Gasteiger partial charge in [-0.25, -0.2) is 4.79 Å². The number of carbonyl (C=O) groups excluding carboxylic acids is 1. The van der Waals surface area contributed by atoms with E-state index in [1.165, 1.54) is 0 Å². The summed E-state index contributed by atoms with van der Waals surface area (Å²) in [6.07, 6.45) is 1.10. The van der Waals surface area contributed by atoms with E-state index >= 15 is 0 Å². The first-order valence-electron chi connectivity index (χ1n) is 6.91. The molecule has 1 aliphatic rings. The Morgan fingerprint density at radius 3 is 2.75 bits per heavy atom. The molecule has 1 saturated heterocycles. The monoisotopic (exact) mass is 278 g/mol. The van der Waals surface area contributed by atoms with Crippen LogP contribution >= 0.6 is 0 Å². The van der Waals surface area contributed by atoms with Crippen LogP contribution in [-0.2, 0) is 4.74 Å². The Hall–Kier alpha value is -1.59. The standard InChI is InChI=1S/C15H22N2O3/c1-11-4-3-5-13(12(11)2)17-14(18)16-10-15(19)6-8-20-9-7-15/h3-5,19H,6-10H2,1-2H3,(H2,16,17,18). The molecule has 3 N–H and O–H groups in total. The van der Waals surface area contributed by atoms with Crippen LogP contribution in [0.15, 0.2) is 18.2 Å². The molecule has 110 valence electrons. The second-order valence-electron chi connectivity index (χ2n) is 5.39. The molecular formula is C15H22N2O3. The zero-order valence-corrected chi connectivity index (χ0v) is 12.0. The molecule has 0 atom stereocenters. The van der Waals surface area contributed by atoms with Gasteiger partial charge in [0.15, 0.2) is 0 Å². The van der Waals surface area contributed by atoms with Gasteiger partial charge in [-0.2, -0.15) is 0 Å². The maximum atomic E-state index is 11.9. The Morgan fingerprint density at radius 2 is 2.05 bits per heavy atom. The van der Waals surface area contributed by atoms with Gasteiger partial charge in [0.25, 0.3) is 0 Å². The van der Waals surface area contributed by atoms with Crippen molar-refractivity contribution >= 4 is 11.7 Å². The van der Waals surface area contributed by atoms with E-state index in [1.54, 1.807) is 0 Å². The van der Waals surface area contributed by atoms with Gasteiger partial charge in [-0.3, -0.25) is 0 Å². The average Bonchev–Trinajstić information content (AvgIpc) is 2.43. The van der Waals surface area contributed by atoms with Crippen molar-refractivity contribution in [2.24, 2.45) is 0 Å². The molecule has 0 radical (unpaired) electrons. The maximum Gasteiger partial charge on any atom is 0.319 e. The summed E-state index contributed by atoms with van der Waals surface area (Å²) < 4.78 is 5.21. The van der Waals surface area contributed by atoms with Gasteiger partial charge in [-0.15, -0.1) is 0 Å². The summed E-state index contributed by atoms with van der Waals surface area (Å²) in [5.41, 5.74) is 2.12. The lowest BCUT2D eigenvalue weighted by Gasteiger charge is -2.32. The molecule has 0 bridgehead atoms. The number of ether oxygens (including phenoxy) is 1. The van der Waals surface area contributed by atoms with Crippen molar-refractivity contribution in [2.75, 3.05) is 25.1 Å². The highest BCUT2D eigenvalue weighted by Crippen LogP contribution is 2.20. The lowest BCUT2D eigenvalue weighted by molar-refractivity contribution is -0.0598. The van der Waals surface area contributed by atoms with Crippen molar-refractivity contribution < 1.29 is 14.6 Å². The summed E-state index contributed by atoms with van der Waals surface area (Å²) in [7, 11) is 0. The Kier molecular flexibility index (Phi) is 4.62. The van der Waals surface area contributed by atoms with Crippen molar-refractivity contribution in [3.05, 3.63) is 29.3 Å². The van der Waals surface area contributed by atoms with E-state index in [4.69, 9.17) is 4.74 Å². The molecule has 2 rings (SSSR count). The second-order valence-corrected chi connectivity index (χ2v) is 5.39. The van der Waals surface area contributed by atoms with Crippen LogP contribution in [0.5, 0.6) is 0 Å². The Balaban J connectivity index is 1.88. The molecule has 0 unspecified atom stereocenters. The summed E-state index contributed by atoms with van der Waals surface area (Å²) in [6.45, 7) is 5.29. The first kappa shape index (κ1) is 14.8. The van der Waals surface area contributed by atoms with Crippen molar-refractivity contribution in [3.63, 3.8) is 0 Å². The molecule has 0 spiro atoms. The van der Waals surface area contributed by atoms with Gasteiger partial charge >= 0.3 is 6.03 Å².